The normalized spacial score (nSPS) is 12.6. The number of carbonyl (C=O) groups is 1. The van der Waals surface area contributed by atoms with Crippen LogP contribution in [0, 0.1) is 0 Å². The minimum atomic E-state index is -1.28. The molecule has 0 aliphatic rings. The standard InChI is InChI=1S/C36H73NO2.C2H4/c1-3-5-7-9-11-13-15-17-19-20-22-24-26-28-30-32-34-36(39,35(37)38)33-31-29-27-25-23-21-18-16-14-12-10-8-6-4-2;1-2/h39H,3-34H2,1-2H3,(H2,37,38);1-2H2. The van der Waals surface area contributed by atoms with Crippen LogP contribution >= 0.6 is 0 Å². The summed E-state index contributed by atoms with van der Waals surface area (Å²) in [6, 6.07) is 0. The minimum Gasteiger partial charge on any atom is -0.380 e. The SMILES string of the molecule is C=C.CCCCCCCCCCCCCCCCCCC(O)(CCCCCCCCCCCCCCCC)C(N)=O. The van der Waals surface area contributed by atoms with E-state index in [4.69, 9.17) is 5.73 Å². The molecule has 0 heterocycles. The second-order valence-electron chi connectivity index (χ2n) is 12.8. The third-order valence-electron chi connectivity index (χ3n) is 8.85. The molecule has 0 aromatic rings. The van der Waals surface area contributed by atoms with Crippen molar-refractivity contribution in [2.24, 2.45) is 5.73 Å². The van der Waals surface area contributed by atoms with Gasteiger partial charge in [-0.15, -0.1) is 13.2 Å². The monoisotopic (exact) mass is 580 g/mol. The van der Waals surface area contributed by atoms with E-state index in [1.54, 1.807) is 0 Å². The van der Waals surface area contributed by atoms with Crippen LogP contribution in [0.4, 0.5) is 0 Å². The van der Waals surface area contributed by atoms with E-state index < -0.39 is 11.5 Å². The van der Waals surface area contributed by atoms with Crippen LogP contribution in [-0.2, 0) is 4.79 Å². The number of unbranched alkanes of at least 4 members (excludes halogenated alkanes) is 28. The highest BCUT2D eigenvalue weighted by Gasteiger charge is 2.32. The van der Waals surface area contributed by atoms with Gasteiger partial charge in [-0.1, -0.05) is 206 Å². The van der Waals surface area contributed by atoms with Crippen molar-refractivity contribution in [2.45, 2.75) is 225 Å². The van der Waals surface area contributed by atoms with Gasteiger partial charge in [0.1, 0.15) is 5.60 Å². The van der Waals surface area contributed by atoms with Crippen molar-refractivity contribution in [1.82, 2.24) is 0 Å². The Balaban J connectivity index is 0. The van der Waals surface area contributed by atoms with Gasteiger partial charge in [0.25, 0.3) is 0 Å². The predicted octanol–water partition coefficient (Wildman–Crippen LogP) is 12.5. The summed E-state index contributed by atoms with van der Waals surface area (Å²) in [6.07, 6.45) is 40.8. The largest absolute Gasteiger partial charge is 0.380 e. The lowest BCUT2D eigenvalue weighted by Crippen LogP contribution is -2.43. The van der Waals surface area contributed by atoms with E-state index in [1.807, 2.05) is 0 Å². The Morgan fingerprint density at radius 3 is 0.780 bits per heavy atom. The minimum absolute atomic E-state index is 0.516. The molecule has 0 aliphatic heterocycles. The number of primary amides is 1. The highest BCUT2D eigenvalue weighted by atomic mass is 16.3. The Hall–Kier alpha value is -0.830. The summed E-state index contributed by atoms with van der Waals surface area (Å²) in [4.78, 5) is 11.9. The highest BCUT2D eigenvalue weighted by molar-refractivity contribution is 5.83. The summed E-state index contributed by atoms with van der Waals surface area (Å²) in [5.74, 6) is -0.516. The molecule has 1 unspecified atom stereocenters. The van der Waals surface area contributed by atoms with E-state index in [2.05, 4.69) is 27.0 Å². The zero-order chi connectivity index (χ0) is 30.7. The molecule has 1 amide bonds. The molecule has 0 bridgehead atoms. The Morgan fingerprint density at radius 1 is 0.439 bits per heavy atom. The molecule has 41 heavy (non-hydrogen) atoms. The van der Waals surface area contributed by atoms with Crippen LogP contribution in [0.5, 0.6) is 0 Å². The zero-order valence-corrected chi connectivity index (χ0v) is 28.5. The Morgan fingerprint density at radius 2 is 0.610 bits per heavy atom. The van der Waals surface area contributed by atoms with E-state index in [9.17, 15) is 9.90 Å². The number of amides is 1. The van der Waals surface area contributed by atoms with Gasteiger partial charge in [0, 0.05) is 0 Å². The van der Waals surface area contributed by atoms with Crippen molar-refractivity contribution in [3.63, 3.8) is 0 Å². The Kier molecular flexibility index (Phi) is 36.5. The fourth-order valence-electron chi connectivity index (χ4n) is 5.95. The molecule has 3 N–H and O–H groups in total. The van der Waals surface area contributed by atoms with Gasteiger partial charge in [-0.25, -0.2) is 0 Å². The van der Waals surface area contributed by atoms with Crippen molar-refractivity contribution in [1.29, 1.82) is 0 Å². The summed E-state index contributed by atoms with van der Waals surface area (Å²) in [7, 11) is 0. The van der Waals surface area contributed by atoms with Crippen molar-refractivity contribution in [2.75, 3.05) is 0 Å². The smallest absolute Gasteiger partial charge is 0.249 e. The molecule has 0 saturated heterocycles. The van der Waals surface area contributed by atoms with Crippen LogP contribution in [0.2, 0.25) is 0 Å². The highest BCUT2D eigenvalue weighted by Crippen LogP contribution is 2.24. The van der Waals surface area contributed by atoms with E-state index in [0.717, 1.165) is 25.7 Å². The van der Waals surface area contributed by atoms with E-state index in [0.29, 0.717) is 12.8 Å². The molecule has 246 valence electrons. The lowest BCUT2D eigenvalue weighted by atomic mass is 9.89. The molecule has 3 nitrogen and oxygen atoms in total. The number of aliphatic hydroxyl groups is 1. The van der Waals surface area contributed by atoms with Gasteiger partial charge in [-0.3, -0.25) is 4.79 Å². The maximum atomic E-state index is 11.9. The van der Waals surface area contributed by atoms with Crippen LogP contribution in [0.15, 0.2) is 13.2 Å². The molecule has 1 atom stereocenters. The Bertz CT molecular complexity index is 509. The van der Waals surface area contributed by atoms with Gasteiger partial charge < -0.3 is 10.8 Å². The first kappa shape index (κ1) is 42.3. The molecular weight excluding hydrogens is 502 g/mol. The number of hydrogen-bond acceptors (Lipinski definition) is 2. The molecule has 0 spiro atoms. The molecule has 0 aromatic heterocycles. The van der Waals surface area contributed by atoms with Crippen molar-refractivity contribution < 1.29 is 9.90 Å². The zero-order valence-electron chi connectivity index (χ0n) is 28.5. The van der Waals surface area contributed by atoms with Crippen molar-refractivity contribution in [3.8, 4) is 0 Å². The topological polar surface area (TPSA) is 63.3 Å². The van der Waals surface area contributed by atoms with Gasteiger partial charge in [0.2, 0.25) is 5.91 Å². The average Bonchev–Trinajstić information content (AvgIpc) is 2.98. The first-order valence-electron chi connectivity index (χ1n) is 18.6. The second kappa shape index (κ2) is 35.4. The summed E-state index contributed by atoms with van der Waals surface area (Å²) in [5, 5.41) is 10.8. The van der Waals surface area contributed by atoms with Gasteiger partial charge in [0.15, 0.2) is 0 Å². The van der Waals surface area contributed by atoms with Crippen LogP contribution in [0.3, 0.4) is 0 Å². The summed E-state index contributed by atoms with van der Waals surface area (Å²) in [5.41, 5.74) is 4.32. The van der Waals surface area contributed by atoms with Crippen LogP contribution in [-0.4, -0.2) is 16.6 Å². The predicted molar refractivity (Wildman–Crippen MR) is 184 cm³/mol. The number of nitrogens with two attached hydrogens (primary N) is 1. The lowest BCUT2D eigenvalue weighted by molar-refractivity contribution is -0.138. The van der Waals surface area contributed by atoms with Crippen molar-refractivity contribution >= 4 is 5.91 Å². The summed E-state index contributed by atoms with van der Waals surface area (Å²) < 4.78 is 0. The van der Waals surface area contributed by atoms with Crippen LogP contribution in [0.25, 0.3) is 0 Å². The number of carbonyl (C=O) groups excluding carboxylic acids is 1. The van der Waals surface area contributed by atoms with Gasteiger partial charge in [-0.2, -0.15) is 0 Å². The summed E-state index contributed by atoms with van der Waals surface area (Å²) >= 11 is 0. The molecular formula is C38H77NO2. The molecule has 0 aromatic carbocycles. The third-order valence-corrected chi connectivity index (χ3v) is 8.85. The van der Waals surface area contributed by atoms with Gasteiger partial charge >= 0.3 is 0 Å². The Labute approximate surface area is 259 Å². The van der Waals surface area contributed by atoms with E-state index in [1.165, 1.54) is 167 Å². The van der Waals surface area contributed by atoms with Gasteiger partial charge in [0.05, 0.1) is 0 Å². The van der Waals surface area contributed by atoms with Gasteiger partial charge in [-0.05, 0) is 12.8 Å². The molecule has 0 rings (SSSR count). The molecule has 3 heteroatoms. The molecule has 0 aliphatic carbocycles. The number of hydrogen-bond donors (Lipinski definition) is 2. The third kappa shape index (κ3) is 31.9. The maximum absolute atomic E-state index is 11.9. The first-order chi connectivity index (χ1) is 20.1. The van der Waals surface area contributed by atoms with Crippen LogP contribution < -0.4 is 5.73 Å². The molecule has 0 saturated carbocycles. The van der Waals surface area contributed by atoms with Crippen LogP contribution in [0.1, 0.15) is 219 Å². The fourth-order valence-corrected chi connectivity index (χ4v) is 5.95. The maximum Gasteiger partial charge on any atom is 0.249 e. The van der Waals surface area contributed by atoms with Crippen molar-refractivity contribution in [3.05, 3.63) is 13.2 Å². The molecule has 0 fully saturated rings. The molecule has 0 radical (unpaired) electrons. The lowest BCUT2D eigenvalue weighted by Gasteiger charge is -2.24. The van der Waals surface area contributed by atoms with E-state index >= 15 is 0 Å². The first-order valence-corrected chi connectivity index (χ1v) is 18.6. The average molecular weight is 580 g/mol. The second-order valence-corrected chi connectivity index (χ2v) is 12.8. The van der Waals surface area contributed by atoms with E-state index in [-0.39, 0.29) is 0 Å². The number of rotatable bonds is 33. The summed E-state index contributed by atoms with van der Waals surface area (Å²) in [6.45, 7) is 10.6. The quantitative estimate of drug-likeness (QED) is 0.0600. The fraction of sp³-hybridized carbons (Fsp3) is 0.921.